The van der Waals surface area contributed by atoms with Crippen molar-refractivity contribution >= 4 is 0 Å². The fourth-order valence-electron chi connectivity index (χ4n) is 6.51. The van der Waals surface area contributed by atoms with E-state index in [0.29, 0.717) is 16.7 Å². The lowest BCUT2D eigenvalue weighted by Gasteiger charge is -2.36. The standard InChI is InChI=1S/C40H62/c1-31(19-13-21-33(3)25-27-37-35(5)23-15-29-39(37,7)8)17-11-12-18-32(2)20-14-22-34(4)26-28-38-36(6)24-16-30-40(38,9)10/h17-18,21-23,25-28,37H,11-16,19-20,24,29-30H2,1-10H3/b27-25+,28-26+,31-17+,32-18+,33-21+,34-22+/t37-/m0/s1. The van der Waals surface area contributed by atoms with E-state index in [0.717, 1.165) is 38.5 Å². The molecule has 2 aliphatic carbocycles. The Kier molecular flexibility index (Phi) is 14.0. The van der Waals surface area contributed by atoms with Gasteiger partial charge in [-0.3, -0.25) is 0 Å². The van der Waals surface area contributed by atoms with E-state index >= 15 is 0 Å². The van der Waals surface area contributed by atoms with E-state index < -0.39 is 0 Å². The second-order valence-electron chi connectivity index (χ2n) is 14.2. The van der Waals surface area contributed by atoms with Gasteiger partial charge < -0.3 is 0 Å². The fourth-order valence-corrected chi connectivity index (χ4v) is 6.51. The van der Waals surface area contributed by atoms with E-state index in [1.807, 2.05) is 0 Å². The van der Waals surface area contributed by atoms with Crippen LogP contribution in [0.15, 0.2) is 93.7 Å². The maximum absolute atomic E-state index is 2.44. The molecule has 1 atom stereocenters. The molecule has 0 radical (unpaired) electrons. The Balaban J connectivity index is 1.71. The third-order valence-electron chi connectivity index (χ3n) is 9.36. The molecule has 0 aromatic rings. The molecular formula is C40H62. The zero-order valence-electron chi connectivity index (χ0n) is 28.1. The van der Waals surface area contributed by atoms with Gasteiger partial charge in [-0.15, -0.1) is 0 Å². The summed E-state index contributed by atoms with van der Waals surface area (Å²) in [5.41, 5.74) is 11.2. The van der Waals surface area contributed by atoms with Gasteiger partial charge in [0.05, 0.1) is 0 Å². The predicted octanol–water partition coefficient (Wildman–Crippen LogP) is 13.1. The van der Waals surface area contributed by atoms with Crippen molar-refractivity contribution in [1.82, 2.24) is 0 Å². The minimum atomic E-state index is 0.321. The average Bonchev–Trinajstić information content (AvgIpc) is 2.85. The normalized spacial score (nSPS) is 22.9. The zero-order chi connectivity index (χ0) is 29.8. The smallest absolute Gasteiger partial charge is 0.00285 e. The molecule has 0 aromatic carbocycles. The van der Waals surface area contributed by atoms with Crippen LogP contribution in [0.2, 0.25) is 0 Å². The number of hydrogen-bond acceptors (Lipinski definition) is 0. The second-order valence-corrected chi connectivity index (χ2v) is 14.2. The van der Waals surface area contributed by atoms with Crippen LogP contribution >= 0.6 is 0 Å². The van der Waals surface area contributed by atoms with Gasteiger partial charge in [0, 0.05) is 5.92 Å². The highest BCUT2D eigenvalue weighted by molar-refractivity contribution is 5.36. The number of hydrogen-bond donors (Lipinski definition) is 0. The van der Waals surface area contributed by atoms with Crippen LogP contribution in [0.5, 0.6) is 0 Å². The van der Waals surface area contributed by atoms with Crippen molar-refractivity contribution in [3.05, 3.63) is 93.7 Å². The summed E-state index contributed by atoms with van der Waals surface area (Å²) in [5, 5.41) is 0. The summed E-state index contributed by atoms with van der Waals surface area (Å²) in [7, 11) is 0. The quantitative estimate of drug-likeness (QED) is 0.123. The van der Waals surface area contributed by atoms with Gasteiger partial charge in [-0.05, 0) is 129 Å². The fraction of sp³-hybridized carbons (Fsp3) is 0.600. The molecule has 0 heterocycles. The Hall–Kier alpha value is -2.08. The van der Waals surface area contributed by atoms with E-state index in [1.54, 1.807) is 11.1 Å². The Morgan fingerprint density at radius 1 is 0.775 bits per heavy atom. The molecule has 0 aromatic heterocycles. The van der Waals surface area contributed by atoms with Crippen molar-refractivity contribution in [3.63, 3.8) is 0 Å². The molecule has 0 nitrogen and oxygen atoms in total. The molecule has 0 aliphatic heterocycles. The van der Waals surface area contributed by atoms with Crippen molar-refractivity contribution in [2.45, 2.75) is 140 Å². The summed E-state index contributed by atoms with van der Waals surface area (Å²) >= 11 is 0. The Labute approximate surface area is 249 Å². The van der Waals surface area contributed by atoms with Crippen LogP contribution in [0.3, 0.4) is 0 Å². The molecule has 40 heavy (non-hydrogen) atoms. The van der Waals surface area contributed by atoms with E-state index in [2.05, 4.69) is 124 Å². The molecule has 0 unspecified atom stereocenters. The van der Waals surface area contributed by atoms with E-state index in [9.17, 15) is 0 Å². The van der Waals surface area contributed by atoms with E-state index in [-0.39, 0.29) is 0 Å². The van der Waals surface area contributed by atoms with Crippen molar-refractivity contribution in [1.29, 1.82) is 0 Å². The number of rotatable bonds is 13. The van der Waals surface area contributed by atoms with Gasteiger partial charge in [0.2, 0.25) is 0 Å². The predicted molar refractivity (Wildman–Crippen MR) is 182 cm³/mol. The Morgan fingerprint density at radius 3 is 1.90 bits per heavy atom. The van der Waals surface area contributed by atoms with Crippen molar-refractivity contribution in [3.8, 4) is 0 Å². The van der Waals surface area contributed by atoms with Gasteiger partial charge in [-0.1, -0.05) is 116 Å². The highest BCUT2D eigenvalue weighted by atomic mass is 14.3. The van der Waals surface area contributed by atoms with Gasteiger partial charge in [0.25, 0.3) is 0 Å². The van der Waals surface area contributed by atoms with Gasteiger partial charge in [0.1, 0.15) is 0 Å². The summed E-state index contributed by atoms with van der Waals surface area (Å²) in [5.74, 6) is 0.570. The van der Waals surface area contributed by atoms with Crippen LogP contribution in [0.1, 0.15) is 140 Å². The van der Waals surface area contributed by atoms with E-state index in [4.69, 9.17) is 0 Å². The lowest BCUT2D eigenvalue weighted by Crippen LogP contribution is -2.26. The first-order valence-electron chi connectivity index (χ1n) is 16.2. The average molecular weight is 543 g/mol. The number of allylic oxidation sites excluding steroid dienone is 16. The van der Waals surface area contributed by atoms with Crippen LogP contribution in [0, 0.1) is 16.7 Å². The van der Waals surface area contributed by atoms with Crippen LogP contribution in [0.25, 0.3) is 0 Å². The molecule has 0 heteroatoms. The summed E-state index contributed by atoms with van der Waals surface area (Å²) in [4.78, 5) is 0. The first-order valence-corrected chi connectivity index (χ1v) is 16.2. The van der Waals surface area contributed by atoms with Crippen LogP contribution in [-0.2, 0) is 0 Å². The molecule has 0 saturated heterocycles. The number of unbranched alkanes of at least 4 members (excludes halogenated alkanes) is 1. The topological polar surface area (TPSA) is 0 Å². The highest BCUT2D eigenvalue weighted by Gasteiger charge is 2.30. The molecule has 0 bridgehead atoms. The lowest BCUT2D eigenvalue weighted by molar-refractivity contribution is 0.255. The molecule has 2 rings (SSSR count). The minimum Gasteiger partial charge on any atom is -0.0853 e. The monoisotopic (exact) mass is 542 g/mol. The van der Waals surface area contributed by atoms with E-state index in [1.165, 1.54) is 60.0 Å². The lowest BCUT2D eigenvalue weighted by atomic mass is 9.68. The summed E-state index contributed by atoms with van der Waals surface area (Å²) < 4.78 is 0. The van der Waals surface area contributed by atoms with Crippen molar-refractivity contribution in [2.75, 3.05) is 0 Å². The molecule has 0 fully saturated rings. The van der Waals surface area contributed by atoms with Crippen molar-refractivity contribution in [2.24, 2.45) is 16.7 Å². The van der Waals surface area contributed by atoms with Gasteiger partial charge in [-0.25, -0.2) is 0 Å². The molecule has 0 saturated carbocycles. The molecule has 222 valence electrons. The SMILES string of the molecule is CC1=CCCC(C)(C)[C@H]1/C=C/C(C)=C/CC/C(C)=C/CC/C=C(\C)CC/C=C(C)/C=C/C1=C(C)CCCC1(C)C. The van der Waals surface area contributed by atoms with Gasteiger partial charge >= 0.3 is 0 Å². The van der Waals surface area contributed by atoms with Crippen molar-refractivity contribution < 1.29 is 0 Å². The zero-order valence-corrected chi connectivity index (χ0v) is 28.1. The summed E-state index contributed by atoms with van der Waals surface area (Å²) in [6.07, 6.45) is 34.9. The van der Waals surface area contributed by atoms with Crippen LogP contribution < -0.4 is 0 Å². The molecule has 2 aliphatic rings. The molecular weight excluding hydrogens is 480 g/mol. The third-order valence-corrected chi connectivity index (χ3v) is 9.36. The van der Waals surface area contributed by atoms with Crippen LogP contribution in [0.4, 0.5) is 0 Å². The largest absolute Gasteiger partial charge is 0.0853 e. The Morgan fingerprint density at radius 2 is 1.35 bits per heavy atom. The first kappa shape index (κ1) is 34.1. The maximum Gasteiger partial charge on any atom is 0.00285 e. The minimum absolute atomic E-state index is 0.321. The Bertz CT molecular complexity index is 1070. The van der Waals surface area contributed by atoms with Gasteiger partial charge in [0.15, 0.2) is 0 Å². The van der Waals surface area contributed by atoms with Gasteiger partial charge in [-0.2, -0.15) is 0 Å². The summed E-state index contributed by atoms with van der Waals surface area (Å²) in [6, 6.07) is 0. The molecule has 0 N–H and O–H groups in total. The highest BCUT2D eigenvalue weighted by Crippen LogP contribution is 2.42. The molecule has 0 spiro atoms. The maximum atomic E-state index is 2.44. The van der Waals surface area contributed by atoms with Crippen LogP contribution in [-0.4, -0.2) is 0 Å². The molecule has 0 amide bonds. The first-order chi connectivity index (χ1) is 18.8. The summed E-state index contributed by atoms with van der Waals surface area (Å²) in [6.45, 7) is 23.3. The third kappa shape index (κ3) is 11.8. The second kappa shape index (κ2) is 16.4.